The predicted octanol–water partition coefficient (Wildman–Crippen LogP) is 3.84. The molecule has 1 aliphatic rings. The average molecular weight is 412 g/mol. The van der Waals surface area contributed by atoms with Crippen molar-refractivity contribution in [2.75, 3.05) is 11.9 Å². The van der Waals surface area contributed by atoms with E-state index in [1.807, 2.05) is 45.9 Å². The van der Waals surface area contributed by atoms with Gasteiger partial charge in [0, 0.05) is 11.4 Å². The van der Waals surface area contributed by atoms with E-state index in [1.165, 1.54) is 0 Å². The molecule has 0 unspecified atom stereocenters. The minimum Gasteiger partial charge on any atom is -0.504 e. The lowest BCUT2D eigenvalue weighted by Gasteiger charge is -2.30. The summed E-state index contributed by atoms with van der Waals surface area (Å²) in [7, 11) is 0. The summed E-state index contributed by atoms with van der Waals surface area (Å²) >= 11 is 5.31. The number of anilines is 1. The average Bonchev–Trinajstić information content (AvgIpc) is 2.66. The number of amides is 1. The smallest absolute Gasteiger partial charge is 0.255 e. The molecule has 0 radical (unpaired) electrons. The fraction of sp³-hybridized carbons (Fsp3) is 0.273. The Hall–Kier alpha value is -3.06. The molecule has 2 aromatic rings. The Morgan fingerprint density at radius 2 is 1.97 bits per heavy atom. The number of rotatable bonds is 5. The van der Waals surface area contributed by atoms with Crippen molar-refractivity contribution >= 4 is 28.9 Å². The standard InChI is InChI=1S/C22H25N3O3S/c1-5-28-18-11-15(8-9-17(18)26)20-19(14(4)23-22(29)25-20)21(27)24-16-10-12(2)6-7-13(16)3/h6-11,20,26H,5H2,1-4H3,(H,24,27)(H2,23,25,29)/t20-/m0/s1. The third kappa shape index (κ3) is 4.51. The van der Waals surface area contributed by atoms with E-state index in [-0.39, 0.29) is 11.7 Å². The molecule has 1 aliphatic heterocycles. The summed E-state index contributed by atoms with van der Waals surface area (Å²) < 4.78 is 5.50. The Morgan fingerprint density at radius 3 is 2.69 bits per heavy atom. The van der Waals surface area contributed by atoms with Gasteiger partial charge >= 0.3 is 0 Å². The fourth-order valence-corrected chi connectivity index (χ4v) is 3.56. The lowest BCUT2D eigenvalue weighted by molar-refractivity contribution is -0.113. The maximum Gasteiger partial charge on any atom is 0.255 e. The van der Waals surface area contributed by atoms with Crippen LogP contribution in [0, 0.1) is 13.8 Å². The molecule has 0 saturated heterocycles. The second-order valence-electron chi connectivity index (χ2n) is 7.00. The van der Waals surface area contributed by atoms with Crippen LogP contribution in [0.1, 0.15) is 36.6 Å². The molecule has 0 spiro atoms. The van der Waals surface area contributed by atoms with Gasteiger partial charge in [-0.1, -0.05) is 18.2 Å². The van der Waals surface area contributed by atoms with Crippen molar-refractivity contribution in [1.82, 2.24) is 10.6 Å². The molecule has 3 rings (SSSR count). The van der Waals surface area contributed by atoms with Crippen LogP contribution in [0.4, 0.5) is 5.69 Å². The SMILES string of the molecule is CCOc1cc([C@@H]2NC(=S)NC(C)=C2C(=O)Nc2cc(C)ccc2C)ccc1O. The number of nitrogens with one attached hydrogen (secondary N) is 3. The van der Waals surface area contributed by atoms with Crippen LogP contribution >= 0.6 is 12.2 Å². The highest BCUT2D eigenvalue weighted by molar-refractivity contribution is 7.80. The number of carbonyl (C=O) groups is 1. The van der Waals surface area contributed by atoms with Gasteiger partial charge in [-0.25, -0.2) is 0 Å². The van der Waals surface area contributed by atoms with Crippen LogP contribution in [0.2, 0.25) is 0 Å². The molecule has 1 atom stereocenters. The molecule has 4 N–H and O–H groups in total. The molecule has 7 heteroatoms. The number of hydrogen-bond donors (Lipinski definition) is 4. The molecular weight excluding hydrogens is 386 g/mol. The van der Waals surface area contributed by atoms with Crippen molar-refractivity contribution in [3.05, 3.63) is 64.4 Å². The first kappa shape index (κ1) is 20.7. The van der Waals surface area contributed by atoms with Gasteiger partial charge in [0.25, 0.3) is 5.91 Å². The Balaban J connectivity index is 1.99. The number of thiocarbonyl (C=S) groups is 1. The van der Waals surface area contributed by atoms with Gasteiger partial charge in [-0.3, -0.25) is 4.79 Å². The van der Waals surface area contributed by atoms with Crippen molar-refractivity contribution in [3.63, 3.8) is 0 Å². The lowest BCUT2D eigenvalue weighted by atomic mass is 9.94. The molecular formula is C22H25N3O3S. The molecule has 1 amide bonds. The molecule has 1 heterocycles. The largest absolute Gasteiger partial charge is 0.504 e. The molecule has 0 saturated carbocycles. The summed E-state index contributed by atoms with van der Waals surface area (Å²) in [6.45, 7) is 8.02. The van der Waals surface area contributed by atoms with Crippen LogP contribution in [0.5, 0.6) is 11.5 Å². The van der Waals surface area contributed by atoms with Gasteiger partial charge in [-0.05, 0) is 74.8 Å². The van der Waals surface area contributed by atoms with Gasteiger partial charge in [0.1, 0.15) is 0 Å². The van der Waals surface area contributed by atoms with Gasteiger partial charge < -0.3 is 25.8 Å². The maximum atomic E-state index is 13.2. The minimum atomic E-state index is -0.478. The number of ether oxygens (including phenoxy) is 1. The number of aromatic hydroxyl groups is 1. The molecule has 2 aromatic carbocycles. The van der Waals surface area contributed by atoms with Crippen LogP contribution in [0.15, 0.2) is 47.7 Å². The summed E-state index contributed by atoms with van der Waals surface area (Å²) in [5.41, 5.74) is 4.77. The molecule has 29 heavy (non-hydrogen) atoms. The quantitative estimate of drug-likeness (QED) is 0.560. The molecule has 0 bridgehead atoms. The van der Waals surface area contributed by atoms with Crippen LogP contribution in [0.25, 0.3) is 0 Å². The zero-order valence-electron chi connectivity index (χ0n) is 16.9. The van der Waals surface area contributed by atoms with E-state index in [0.717, 1.165) is 22.4 Å². The Kier molecular flexibility index (Phi) is 6.08. The zero-order chi connectivity index (χ0) is 21.1. The van der Waals surface area contributed by atoms with Crippen LogP contribution < -0.4 is 20.7 Å². The van der Waals surface area contributed by atoms with Crippen LogP contribution in [-0.4, -0.2) is 22.7 Å². The third-order valence-corrected chi connectivity index (χ3v) is 4.99. The summed E-state index contributed by atoms with van der Waals surface area (Å²) in [4.78, 5) is 13.2. The van der Waals surface area contributed by atoms with Crippen LogP contribution in [-0.2, 0) is 4.79 Å². The fourth-order valence-electron chi connectivity index (χ4n) is 3.29. The van der Waals surface area contributed by atoms with E-state index >= 15 is 0 Å². The molecule has 0 fully saturated rings. The van der Waals surface area contributed by atoms with Crippen molar-refractivity contribution in [1.29, 1.82) is 0 Å². The molecule has 6 nitrogen and oxygen atoms in total. The monoisotopic (exact) mass is 411 g/mol. The van der Waals surface area contributed by atoms with Crippen molar-refractivity contribution < 1.29 is 14.6 Å². The first-order chi connectivity index (χ1) is 13.8. The second-order valence-corrected chi connectivity index (χ2v) is 7.41. The van der Waals surface area contributed by atoms with E-state index in [0.29, 0.717) is 28.7 Å². The van der Waals surface area contributed by atoms with Gasteiger partial charge in [0.2, 0.25) is 0 Å². The normalized spacial score (nSPS) is 16.1. The highest BCUT2D eigenvalue weighted by atomic mass is 32.1. The topological polar surface area (TPSA) is 82.6 Å². The maximum absolute atomic E-state index is 13.2. The van der Waals surface area contributed by atoms with E-state index in [1.54, 1.807) is 18.2 Å². The predicted molar refractivity (Wildman–Crippen MR) is 118 cm³/mol. The van der Waals surface area contributed by atoms with E-state index in [2.05, 4.69) is 16.0 Å². The van der Waals surface area contributed by atoms with E-state index < -0.39 is 6.04 Å². The summed E-state index contributed by atoms with van der Waals surface area (Å²) in [6, 6.07) is 10.5. The van der Waals surface area contributed by atoms with E-state index in [9.17, 15) is 9.90 Å². The van der Waals surface area contributed by atoms with Gasteiger partial charge in [-0.15, -0.1) is 0 Å². The number of benzene rings is 2. The molecule has 152 valence electrons. The molecule has 0 aromatic heterocycles. The number of phenolic OH excluding ortho intramolecular Hbond substituents is 1. The number of carbonyl (C=O) groups excluding carboxylic acids is 1. The number of phenols is 1. The van der Waals surface area contributed by atoms with Crippen molar-refractivity contribution in [3.8, 4) is 11.5 Å². The Morgan fingerprint density at radius 1 is 1.21 bits per heavy atom. The number of allylic oxidation sites excluding steroid dienone is 1. The third-order valence-electron chi connectivity index (χ3n) is 4.77. The summed E-state index contributed by atoms with van der Waals surface area (Å²) in [5, 5.41) is 19.7. The van der Waals surface area contributed by atoms with Gasteiger partial charge in [0.05, 0.1) is 18.2 Å². The van der Waals surface area contributed by atoms with Gasteiger partial charge in [0.15, 0.2) is 16.6 Å². The van der Waals surface area contributed by atoms with E-state index in [4.69, 9.17) is 17.0 Å². The summed E-state index contributed by atoms with van der Waals surface area (Å²) in [5.74, 6) is 0.187. The Labute approximate surface area is 176 Å². The van der Waals surface area contributed by atoms with Gasteiger partial charge in [-0.2, -0.15) is 0 Å². The summed E-state index contributed by atoms with van der Waals surface area (Å²) in [6.07, 6.45) is 0. The highest BCUT2D eigenvalue weighted by Gasteiger charge is 2.30. The first-order valence-corrected chi connectivity index (χ1v) is 9.83. The lowest BCUT2D eigenvalue weighted by Crippen LogP contribution is -2.45. The minimum absolute atomic E-state index is 0.0502. The number of hydrogen-bond acceptors (Lipinski definition) is 4. The Bertz CT molecular complexity index is 1000. The number of aryl methyl sites for hydroxylation is 2. The first-order valence-electron chi connectivity index (χ1n) is 9.42. The van der Waals surface area contributed by atoms with Crippen molar-refractivity contribution in [2.24, 2.45) is 0 Å². The highest BCUT2D eigenvalue weighted by Crippen LogP contribution is 2.34. The zero-order valence-corrected chi connectivity index (χ0v) is 17.7. The van der Waals surface area contributed by atoms with Crippen molar-refractivity contribution in [2.45, 2.75) is 33.7 Å². The second kappa shape index (κ2) is 8.53. The molecule has 0 aliphatic carbocycles. The van der Waals surface area contributed by atoms with Crippen LogP contribution in [0.3, 0.4) is 0 Å².